The molecule has 0 unspecified atom stereocenters. The number of amides is 1. The summed E-state index contributed by atoms with van der Waals surface area (Å²) in [5.74, 6) is -2.05. The largest absolute Gasteiger partial charge is 0.363 e. The van der Waals surface area contributed by atoms with Crippen LogP contribution in [0.4, 0.5) is 23.4 Å². The fourth-order valence-electron chi connectivity index (χ4n) is 4.08. The second-order valence-corrected chi connectivity index (χ2v) is 8.75. The lowest BCUT2D eigenvalue weighted by atomic mass is 9.97. The predicted octanol–water partition coefficient (Wildman–Crippen LogP) is 5.91. The Morgan fingerprint density at radius 2 is 1.82 bits per heavy atom. The highest BCUT2D eigenvalue weighted by atomic mass is 19.2. The monoisotopic (exact) mass is 472 g/mol. The number of benzene rings is 1. The molecule has 3 aromatic rings. The van der Waals surface area contributed by atoms with Crippen molar-refractivity contribution < 1.29 is 22.4 Å². The van der Waals surface area contributed by atoms with E-state index in [1.165, 1.54) is 20.0 Å². The first-order chi connectivity index (χ1) is 16.0. The van der Waals surface area contributed by atoms with Gasteiger partial charge in [-0.05, 0) is 52.0 Å². The molecule has 9 heteroatoms. The van der Waals surface area contributed by atoms with Gasteiger partial charge in [0.1, 0.15) is 28.9 Å². The van der Waals surface area contributed by atoms with E-state index in [4.69, 9.17) is 0 Å². The van der Waals surface area contributed by atoms with Crippen molar-refractivity contribution in [3.8, 4) is 11.3 Å². The molecule has 0 saturated heterocycles. The number of nitrogens with one attached hydrogen (secondary N) is 1. The number of carbonyl (C=O) groups excluding carboxylic acids is 1. The number of halogens is 4. The molecular formula is C25H24F4N4O. The van der Waals surface area contributed by atoms with Crippen LogP contribution in [0.25, 0.3) is 11.3 Å². The molecule has 1 N–H and O–H groups in total. The molecule has 2 aromatic heterocycles. The number of pyridine rings is 2. The Balaban J connectivity index is 1.65. The van der Waals surface area contributed by atoms with Gasteiger partial charge in [0.2, 0.25) is 0 Å². The smallest absolute Gasteiger partial charge is 0.254 e. The van der Waals surface area contributed by atoms with E-state index in [0.717, 1.165) is 24.4 Å². The number of carbonyl (C=O) groups is 1. The Morgan fingerprint density at radius 3 is 2.50 bits per heavy atom. The molecule has 34 heavy (non-hydrogen) atoms. The minimum absolute atomic E-state index is 0.0329. The zero-order valence-electron chi connectivity index (χ0n) is 19.2. The molecule has 1 aliphatic rings. The summed E-state index contributed by atoms with van der Waals surface area (Å²) in [6, 6.07) is 4.03. The Labute approximate surface area is 194 Å². The molecule has 0 aliphatic carbocycles. The van der Waals surface area contributed by atoms with Crippen LogP contribution >= 0.6 is 0 Å². The molecular weight excluding hydrogens is 448 g/mol. The van der Waals surface area contributed by atoms with Gasteiger partial charge in [0.15, 0.2) is 0 Å². The fraction of sp³-hybridized carbons (Fsp3) is 0.320. The summed E-state index contributed by atoms with van der Waals surface area (Å²) in [4.78, 5) is 22.2. The van der Waals surface area contributed by atoms with Gasteiger partial charge in [-0.3, -0.25) is 9.78 Å². The summed E-state index contributed by atoms with van der Waals surface area (Å²) >= 11 is 0. The van der Waals surface area contributed by atoms with Gasteiger partial charge in [-0.2, -0.15) is 0 Å². The fourth-order valence-corrected chi connectivity index (χ4v) is 4.08. The Hall–Kier alpha value is -3.49. The topological polar surface area (TPSA) is 58.1 Å². The number of nitrogens with zero attached hydrogens (tertiary/aromatic N) is 3. The van der Waals surface area contributed by atoms with Gasteiger partial charge in [0, 0.05) is 40.6 Å². The molecule has 3 heterocycles. The number of aromatic nitrogens is 2. The van der Waals surface area contributed by atoms with Gasteiger partial charge in [-0.25, -0.2) is 22.5 Å². The van der Waals surface area contributed by atoms with Crippen LogP contribution in [-0.4, -0.2) is 27.3 Å². The van der Waals surface area contributed by atoms with Crippen LogP contribution in [0.1, 0.15) is 60.8 Å². The number of rotatable bonds is 6. The lowest BCUT2D eigenvalue weighted by molar-refractivity contribution is 0.0787. The maximum Gasteiger partial charge on any atom is 0.254 e. The number of fused-ring (bicyclic) bond motifs is 1. The average molecular weight is 472 g/mol. The number of alkyl halides is 1. The zero-order chi connectivity index (χ0) is 24.8. The SMILES string of the molecule is CCN1Cc2c(ccnc2N[C@@H](C)c2cc(F)c(-c3cc(C(C)(C)F)c(F)cn3)cc2F)C1=O. The quantitative estimate of drug-likeness (QED) is 0.453. The normalized spacial score (nSPS) is 14.4. The second kappa shape index (κ2) is 8.70. The molecule has 1 aliphatic heterocycles. The molecule has 0 radical (unpaired) electrons. The van der Waals surface area contributed by atoms with Crippen molar-refractivity contribution in [2.45, 2.75) is 46.0 Å². The maximum atomic E-state index is 15.1. The molecule has 0 spiro atoms. The van der Waals surface area contributed by atoms with E-state index < -0.39 is 29.2 Å². The van der Waals surface area contributed by atoms with Crippen molar-refractivity contribution >= 4 is 11.7 Å². The predicted molar refractivity (Wildman–Crippen MR) is 120 cm³/mol. The minimum Gasteiger partial charge on any atom is -0.363 e. The van der Waals surface area contributed by atoms with E-state index in [1.54, 1.807) is 17.9 Å². The highest BCUT2D eigenvalue weighted by Crippen LogP contribution is 2.34. The van der Waals surface area contributed by atoms with E-state index in [1.807, 2.05) is 6.92 Å². The van der Waals surface area contributed by atoms with Gasteiger partial charge in [0.05, 0.1) is 24.5 Å². The highest BCUT2D eigenvalue weighted by Gasteiger charge is 2.30. The van der Waals surface area contributed by atoms with Gasteiger partial charge in [-0.1, -0.05) is 0 Å². The molecule has 178 valence electrons. The molecule has 1 amide bonds. The summed E-state index contributed by atoms with van der Waals surface area (Å²) in [5.41, 5.74) is -1.33. The maximum absolute atomic E-state index is 15.1. The van der Waals surface area contributed by atoms with Gasteiger partial charge < -0.3 is 10.2 Å². The van der Waals surface area contributed by atoms with E-state index in [2.05, 4.69) is 15.3 Å². The highest BCUT2D eigenvalue weighted by molar-refractivity contribution is 5.99. The number of hydrogen-bond donors (Lipinski definition) is 1. The summed E-state index contributed by atoms with van der Waals surface area (Å²) in [6.07, 6.45) is 2.29. The average Bonchev–Trinajstić information content (AvgIpc) is 3.11. The Kier molecular flexibility index (Phi) is 6.05. The van der Waals surface area contributed by atoms with Gasteiger partial charge in [0.25, 0.3) is 5.91 Å². The molecule has 0 fully saturated rings. The van der Waals surface area contributed by atoms with Gasteiger partial charge >= 0.3 is 0 Å². The first kappa shape index (κ1) is 23.7. The van der Waals surface area contributed by atoms with Crippen molar-refractivity contribution in [2.24, 2.45) is 0 Å². The minimum atomic E-state index is -2.02. The van der Waals surface area contributed by atoms with Crippen LogP contribution in [0, 0.1) is 17.5 Å². The lowest BCUT2D eigenvalue weighted by Gasteiger charge is -2.19. The van der Waals surface area contributed by atoms with Crippen molar-refractivity contribution in [2.75, 3.05) is 11.9 Å². The molecule has 0 saturated carbocycles. The third kappa shape index (κ3) is 4.22. The van der Waals surface area contributed by atoms with Crippen LogP contribution in [-0.2, 0) is 12.2 Å². The molecule has 1 aromatic carbocycles. The van der Waals surface area contributed by atoms with Crippen LogP contribution in [0.5, 0.6) is 0 Å². The standard InChI is InChI=1S/C25H24F4N4O/c1-5-33-12-17-14(24(33)34)6-7-30-23(17)32-13(2)15-8-20(27)16(9-19(15)26)22-10-18(25(3,4)29)21(28)11-31-22/h6-11,13H,5,12H2,1-4H3,(H,30,32)/t13-/m0/s1. The van der Waals surface area contributed by atoms with Crippen molar-refractivity contribution in [3.05, 3.63) is 76.4 Å². The molecule has 1 atom stereocenters. The van der Waals surface area contributed by atoms with E-state index in [9.17, 15) is 13.6 Å². The summed E-state index contributed by atoms with van der Waals surface area (Å²) in [5, 5.41) is 3.08. The molecule has 0 bridgehead atoms. The first-order valence-corrected chi connectivity index (χ1v) is 10.9. The van der Waals surface area contributed by atoms with Crippen molar-refractivity contribution in [1.29, 1.82) is 0 Å². The molecule has 4 rings (SSSR count). The van der Waals surface area contributed by atoms with Crippen molar-refractivity contribution in [1.82, 2.24) is 14.9 Å². The van der Waals surface area contributed by atoms with Crippen LogP contribution < -0.4 is 5.32 Å². The van der Waals surface area contributed by atoms with E-state index >= 15 is 8.78 Å². The molecule has 5 nitrogen and oxygen atoms in total. The summed E-state index contributed by atoms with van der Waals surface area (Å²) in [7, 11) is 0. The van der Waals surface area contributed by atoms with Crippen molar-refractivity contribution in [3.63, 3.8) is 0 Å². The number of hydrogen-bond acceptors (Lipinski definition) is 4. The van der Waals surface area contributed by atoms with E-state index in [-0.39, 0.29) is 28.3 Å². The van der Waals surface area contributed by atoms with Crippen LogP contribution in [0.2, 0.25) is 0 Å². The van der Waals surface area contributed by atoms with E-state index in [0.29, 0.717) is 30.0 Å². The second-order valence-electron chi connectivity index (χ2n) is 8.75. The van der Waals surface area contributed by atoms with Gasteiger partial charge in [-0.15, -0.1) is 0 Å². The zero-order valence-corrected chi connectivity index (χ0v) is 19.2. The summed E-state index contributed by atoms with van der Waals surface area (Å²) < 4.78 is 58.4. The van der Waals surface area contributed by atoms with Crippen LogP contribution in [0.3, 0.4) is 0 Å². The number of anilines is 1. The lowest BCUT2D eigenvalue weighted by Crippen LogP contribution is -2.22. The first-order valence-electron chi connectivity index (χ1n) is 10.9. The third-order valence-electron chi connectivity index (χ3n) is 5.98. The Bertz CT molecular complexity index is 1270. The Morgan fingerprint density at radius 1 is 1.09 bits per heavy atom. The van der Waals surface area contributed by atoms with Crippen LogP contribution in [0.15, 0.2) is 36.7 Å². The summed E-state index contributed by atoms with van der Waals surface area (Å²) in [6.45, 7) is 6.79. The third-order valence-corrected chi connectivity index (χ3v) is 5.98.